The average molecular weight is 318 g/mol. The molecule has 0 unspecified atom stereocenters. The molecule has 0 fully saturated rings. The van der Waals surface area contributed by atoms with E-state index in [4.69, 9.17) is 4.74 Å². The molecule has 0 atom stereocenters. The molecule has 0 aromatic heterocycles. The van der Waals surface area contributed by atoms with Gasteiger partial charge in [0.1, 0.15) is 0 Å². The third-order valence-electron chi connectivity index (χ3n) is 3.07. The summed E-state index contributed by atoms with van der Waals surface area (Å²) >= 11 is 3.16. The molecule has 0 aliphatic rings. The molecule has 0 aliphatic carbocycles. The minimum atomic E-state index is -0.283. The van der Waals surface area contributed by atoms with E-state index in [0.717, 1.165) is 20.2 Å². The Hall–Kier alpha value is -1.39. The summed E-state index contributed by atoms with van der Waals surface area (Å²) in [4.78, 5) is 15.1. The Labute approximate surface area is 134 Å². The second-order valence-electron chi connectivity index (χ2n) is 4.75. The average Bonchev–Trinajstić information content (AvgIpc) is 2.48. The van der Waals surface area contributed by atoms with E-state index in [1.807, 2.05) is 25.3 Å². The third-order valence-corrected chi connectivity index (χ3v) is 4.88. The fourth-order valence-corrected chi connectivity index (χ4v) is 3.83. The Kier molecular flexibility index (Phi) is 5.37. The van der Waals surface area contributed by atoms with E-state index >= 15 is 0 Å². The van der Waals surface area contributed by atoms with Crippen LogP contribution in [0.25, 0.3) is 0 Å². The van der Waals surface area contributed by atoms with Gasteiger partial charge in [0.25, 0.3) is 0 Å². The topological polar surface area (TPSA) is 26.3 Å². The SMILES string of the molecule is COC(=O)c1c(SC)cc(C)cc1Sc1ccc(C)cc1. The maximum absolute atomic E-state index is 12.1. The number of methoxy groups -OCH3 is 1. The second kappa shape index (κ2) is 7.05. The zero-order valence-corrected chi connectivity index (χ0v) is 14.2. The Bertz CT molecular complexity index is 649. The lowest BCUT2D eigenvalue weighted by Crippen LogP contribution is -2.05. The molecule has 2 rings (SSSR count). The van der Waals surface area contributed by atoms with Crippen LogP contribution in [0.15, 0.2) is 51.1 Å². The summed E-state index contributed by atoms with van der Waals surface area (Å²) < 4.78 is 4.95. The van der Waals surface area contributed by atoms with Crippen LogP contribution in [0.1, 0.15) is 21.5 Å². The van der Waals surface area contributed by atoms with Gasteiger partial charge in [-0.05, 0) is 49.9 Å². The number of benzene rings is 2. The van der Waals surface area contributed by atoms with Gasteiger partial charge in [0.2, 0.25) is 0 Å². The van der Waals surface area contributed by atoms with Crippen molar-refractivity contribution in [3.63, 3.8) is 0 Å². The first-order valence-corrected chi connectivity index (χ1v) is 8.60. The van der Waals surface area contributed by atoms with Gasteiger partial charge in [0, 0.05) is 14.7 Å². The van der Waals surface area contributed by atoms with E-state index in [0.29, 0.717) is 5.56 Å². The standard InChI is InChI=1S/C17H18O2S2/c1-11-5-7-13(8-6-11)21-15-10-12(2)9-14(20-4)16(15)17(18)19-3/h5-10H,1-4H3. The fraction of sp³-hybridized carbons (Fsp3) is 0.235. The maximum atomic E-state index is 12.1. The van der Waals surface area contributed by atoms with Gasteiger partial charge in [-0.2, -0.15) is 0 Å². The van der Waals surface area contributed by atoms with Crippen LogP contribution in [0.3, 0.4) is 0 Å². The van der Waals surface area contributed by atoms with Crippen LogP contribution in [0.4, 0.5) is 0 Å². The number of esters is 1. The van der Waals surface area contributed by atoms with E-state index in [1.165, 1.54) is 12.7 Å². The summed E-state index contributed by atoms with van der Waals surface area (Å²) in [6, 6.07) is 12.4. The minimum Gasteiger partial charge on any atom is -0.465 e. The van der Waals surface area contributed by atoms with E-state index in [9.17, 15) is 4.79 Å². The van der Waals surface area contributed by atoms with Gasteiger partial charge in [-0.15, -0.1) is 11.8 Å². The summed E-state index contributed by atoms with van der Waals surface area (Å²) in [5.41, 5.74) is 3.02. The molecular formula is C17H18O2S2. The van der Waals surface area contributed by atoms with Gasteiger partial charge in [-0.25, -0.2) is 4.79 Å². The second-order valence-corrected chi connectivity index (χ2v) is 6.71. The van der Waals surface area contributed by atoms with Crippen molar-refractivity contribution in [3.8, 4) is 0 Å². The monoisotopic (exact) mass is 318 g/mol. The molecule has 0 spiro atoms. The minimum absolute atomic E-state index is 0.283. The van der Waals surface area contributed by atoms with Crippen LogP contribution < -0.4 is 0 Å². The van der Waals surface area contributed by atoms with Crippen molar-refractivity contribution in [1.29, 1.82) is 0 Å². The highest BCUT2D eigenvalue weighted by Crippen LogP contribution is 2.36. The van der Waals surface area contributed by atoms with Crippen LogP contribution in [0, 0.1) is 13.8 Å². The molecule has 2 aromatic carbocycles. The molecule has 0 saturated heterocycles. The number of carbonyl (C=O) groups is 1. The van der Waals surface area contributed by atoms with Gasteiger partial charge >= 0.3 is 5.97 Å². The van der Waals surface area contributed by atoms with E-state index in [2.05, 4.69) is 31.2 Å². The number of ether oxygens (including phenoxy) is 1. The lowest BCUT2D eigenvalue weighted by molar-refractivity contribution is 0.0592. The molecule has 0 radical (unpaired) electrons. The molecule has 4 heteroatoms. The zero-order valence-electron chi connectivity index (χ0n) is 12.6. The van der Waals surface area contributed by atoms with E-state index < -0.39 is 0 Å². The first-order chi connectivity index (χ1) is 10.0. The lowest BCUT2D eigenvalue weighted by Gasteiger charge is -2.13. The maximum Gasteiger partial charge on any atom is 0.340 e. The molecule has 0 saturated carbocycles. The highest BCUT2D eigenvalue weighted by atomic mass is 32.2. The van der Waals surface area contributed by atoms with Crippen LogP contribution in [0.5, 0.6) is 0 Å². The predicted octanol–water partition coefficient (Wildman–Crippen LogP) is 4.96. The summed E-state index contributed by atoms with van der Waals surface area (Å²) in [6.45, 7) is 4.10. The Morgan fingerprint density at radius 1 is 1.00 bits per heavy atom. The molecule has 2 nitrogen and oxygen atoms in total. The van der Waals surface area contributed by atoms with Gasteiger partial charge in [0.05, 0.1) is 12.7 Å². The van der Waals surface area contributed by atoms with Crippen molar-refractivity contribution in [2.75, 3.05) is 13.4 Å². The lowest BCUT2D eigenvalue weighted by atomic mass is 10.1. The molecular weight excluding hydrogens is 300 g/mol. The number of hydrogen-bond donors (Lipinski definition) is 0. The highest BCUT2D eigenvalue weighted by molar-refractivity contribution is 8.00. The van der Waals surface area contributed by atoms with Crippen LogP contribution in [0.2, 0.25) is 0 Å². The van der Waals surface area contributed by atoms with Crippen molar-refractivity contribution in [2.45, 2.75) is 28.5 Å². The number of carbonyl (C=O) groups excluding carboxylic acids is 1. The summed E-state index contributed by atoms with van der Waals surface area (Å²) in [7, 11) is 1.42. The number of aryl methyl sites for hydroxylation is 2. The van der Waals surface area contributed by atoms with Crippen molar-refractivity contribution >= 4 is 29.5 Å². The van der Waals surface area contributed by atoms with Crippen LogP contribution in [-0.4, -0.2) is 19.3 Å². The third kappa shape index (κ3) is 3.83. The number of rotatable bonds is 4. The predicted molar refractivity (Wildman–Crippen MR) is 89.6 cm³/mol. The first kappa shape index (κ1) is 16.0. The highest BCUT2D eigenvalue weighted by Gasteiger charge is 2.18. The van der Waals surface area contributed by atoms with Gasteiger partial charge < -0.3 is 4.74 Å². The number of thioether (sulfide) groups is 1. The van der Waals surface area contributed by atoms with Gasteiger partial charge in [-0.1, -0.05) is 29.5 Å². The molecule has 21 heavy (non-hydrogen) atoms. The Morgan fingerprint density at radius 2 is 1.62 bits per heavy atom. The Morgan fingerprint density at radius 3 is 2.19 bits per heavy atom. The molecule has 110 valence electrons. The molecule has 0 bridgehead atoms. The van der Waals surface area contributed by atoms with Gasteiger partial charge in [0.15, 0.2) is 0 Å². The summed E-state index contributed by atoms with van der Waals surface area (Å²) in [5.74, 6) is -0.283. The van der Waals surface area contributed by atoms with E-state index in [-0.39, 0.29) is 5.97 Å². The largest absolute Gasteiger partial charge is 0.465 e. The number of hydrogen-bond acceptors (Lipinski definition) is 4. The normalized spacial score (nSPS) is 10.5. The quantitative estimate of drug-likeness (QED) is 0.588. The first-order valence-electron chi connectivity index (χ1n) is 6.56. The van der Waals surface area contributed by atoms with Gasteiger partial charge in [-0.3, -0.25) is 0 Å². The van der Waals surface area contributed by atoms with Crippen LogP contribution in [-0.2, 0) is 4.74 Å². The van der Waals surface area contributed by atoms with Crippen molar-refractivity contribution < 1.29 is 9.53 Å². The van der Waals surface area contributed by atoms with Crippen molar-refractivity contribution in [2.24, 2.45) is 0 Å². The summed E-state index contributed by atoms with van der Waals surface area (Å²) in [5, 5.41) is 0. The van der Waals surface area contributed by atoms with E-state index in [1.54, 1.807) is 23.5 Å². The molecule has 0 heterocycles. The molecule has 2 aromatic rings. The van der Waals surface area contributed by atoms with Crippen LogP contribution >= 0.6 is 23.5 Å². The molecule has 0 amide bonds. The zero-order chi connectivity index (χ0) is 15.4. The smallest absolute Gasteiger partial charge is 0.340 e. The molecule has 0 aliphatic heterocycles. The molecule has 0 N–H and O–H groups in total. The summed E-state index contributed by atoms with van der Waals surface area (Å²) in [6.07, 6.45) is 1.97. The van der Waals surface area contributed by atoms with Crippen molar-refractivity contribution in [1.82, 2.24) is 0 Å². The Balaban J connectivity index is 2.48. The van der Waals surface area contributed by atoms with Crippen molar-refractivity contribution in [3.05, 3.63) is 53.1 Å². The fourth-order valence-electron chi connectivity index (χ4n) is 2.00.